The molecule has 1 aliphatic rings. The highest BCUT2D eigenvalue weighted by Crippen LogP contribution is 2.35. The molecule has 122 valence electrons. The number of hydrogen-bond acceptors (Lipinski definition) is 4. The van der Waals surface area contributed by atoms with Crippen LogP contribution in [0, 0.1) is 5.41 Å². The van der Waals surface area contributed by atoms with Crippen molar-refractivity contribution in [1.29, 1.82) is 0 Å². The number of carbonyl (C=O) groups excluding carboxylic acids is 1. The number of likely N-dealkylation sites (tertiary alicyclic amines) is 1. The van der Waals surface area contributed by atoms with E-state index in [2.05, 4.69) is 5.32 Å². The van der Waals surface area contributed by atoms with Crippen molar-refractivity contribution in [1.82, 2.24) is 10.2 Å². The Labute approximate surface area is 124 Å². The molecule has 0 aromatic heterocycles. The van der Waals surface area contributed by atoms with Gasteiger partial charge in [-0.15, -0.1) is 0 Å². The third-order valence-corrected chi connectivity index (χ3v) is 4.48. The van der Waals surface area contributed by atoms with Crippen molar-refractivity contribution in [2.75, 3.05) is 25.4 Å². The van der Waals surface area contributed by atoms with Crippen LogP contribution in [-0.4, -0.2) is 55.8 Å². The van der Waals surface area contributed by atoms with Gasteiger partial charge in [0, 0.05) is 19.6 Å². The summed E-state index contributed by atoms with van der Waals surface area (Å²) in [7, 11) is -3.62. The number of piperidine rings is 1. The number of urea groups is 1. The molecule has 8 nitrogen and oxygen atoms in total. The van der Waals surface area contributed by atoms with Gasteiger partial charge >= 0.3 is 12.0 Å². The van der Waals surface area contributed by atoms with E-state index in [1.165, 1.54) is 4.90 Å². The standard InChI is InChI=1S/C12H23N3O5S/c1-2-4-12(10(16)17)5-3-7-15(9-12)11(18)14-6-8-21(13,19)20/h2-9H2,1H3,(H,14,18)(H,16,17)(H2,13,19,20). The van der Waals surface area contributed by atoms with Crippen molar-refractivity contribution in [3.8, 4) is 0 Å². The summed E-state index contributed by atoms with van der Waals surface area (Å²) in [4.78, 5) is 25.0. The number of aliphatic carboxylic acids is 1. The maximum absolute atomic E-state index is 12.0. The molecule has 1 rings (SSSR count). The van der Waals surface area contributed by atoms with Crippen molar-refractivity contribution in [3.05, 3.63) is 0 Å². The van der Waals surface area contributed by atoms with Crippen LogP contribution in [0.25, 0.3) is 0 Å². The molecule has 1 aliphatic heterocycles. The van der Waals surface area contributed by atoms with Gasteiger partial charge in [0.25, 0.3) is 0 Å². The zero-order valence-corrected chi connectivity index (χ0v) is 13.0. The van der Waals surface area contributed by atoms with E-state index in [4.69, 9.17) is 5.14 Å². The second-order valence-electron chi connectivity index (χ2n) is 5.46. The molecular weight excluding hydrogens is 298 g/mol. The zero-order valence-electron chi connectivity index (χ0n) is 12.2. The normalized spacial score (nSPS) is 22.9. The number of amides is 2. The maximum Gasteiger partial charge on any atom is 0.317 e. The Morgan fingerprint density at radius 2 is 2.10 bits per heavy atom. The summed E-state index contributed by atoms with van der Waals surface area (Å²) in [6.07, 6.45) is 2.42. The van der Waals surface area contributed by atoms with E-state index in [0.717, 1.165) is 6.42 Å². The lowest BCUT2D eigenvalue weighted by atomic mass is 9.76. The van der Waals surface area contributed by atoms with E-state index in [-0.39, 0.29) is 18.8 Å². The number of sulfonamides is 1. The molecule has 0 aliphatic carbocycles. The van der Waals surface area contributed by atoms with Crippen LogP contribution in [0.5, 0.6) is 0 Å². The van der Waals surface area contributed by atoms with Crippen molar-refractivity contribution < 1.29 is 23.1 Å². The van der Waals surface area contributed by atoms with E-state index < -0.39 is 27.4 Å². The van der Waals surface area contributed by atoms with Gasteiger partial charge < -0.3 is 15.3 Å². The third kappa shape index (κ3) is 5.16. The lowest BCUT2D eigenvalue weighted by molar-refractivity contribution is -0.152. The minimum atomic E-state index is -3.62. The number of hydrogen-bond donors (Lipinski definition) is 3. The van der Waals surface area contributed by atoms with Crippen molar-refractivity contribution in [2.45, 2.75) is 32.6 Å². The molecule has 21 heavy (non-hydrogen) atoms. The van der Waals surface area contributed by atoms with Crippen molar-refractivity contribution in [3.63, 3.8) is 0 Å². The van der Waals surface area contributed by atoms with Crippen molar-refractivity contribution in [2.24, 2.45) is 10.6 Å². The SMILES string of the molecule is CCCC1(C(=O)O)CCCN(C(=O)NCCS(N)(=O)=O)C1. The molecular formula is C12H23N3O5S. The highest BCUT2D eigenvalue weighted by Gasteiger charge is 2.42. The number of carboxylic acid groups (broad SMARTS) is 1. The van der Waals surface area contributed by atoms with Crippen LogP contribution >= 0.6 is 0 Å². The summed E-state index contributed by atoms with van der Waals surface area (Å²) >= 11 is 0. The lowest BCUT2D eigenvalue weighted by Crippen LogP contribution is -2.53. The van der Waals surface area contributed by atoms with Gasteiger partial charge in [-0.2, -0.15) is 0 Å². The highest BCUT2D eigenvalue weighted by molar-refractivity contribution is 7.89. The summed E-state index contributed by atoms with van der Waals surface area (Å²) in [6, 6.07) is -0.444. The highest BCUT2D eigenvalue weighted by atomic mass is 32.2. The first kappa shape index (κ1) is 17.7. The molecule has 4 N–H and O–H groups in total. The first-order chi connectivity index (χ1) is 9.70. The molecule has 0 aromatic carbocycles. The Morgan fingerprint density at radius 1 is 1.43 bits per heavy atom. The number of nitrogens with one attached hydrogen (secondary N) is 1. The van der Waals surface area contributed by atoms with Gasteiger partial charge in [0.2, 0.25) is 10.0 Å². The molecule has 2 amide bonds. The van der Waals surface area contributed by atoms with E-state index in [1.54, 1.807) is 0 Å². The first-order valence-corrected chi connectivity index (χ1v) is 8.68. The minimum absolute atomic E-state index is 0.0813. The number of primary sulfonamides is 1. The number of rotatable bonds is 6. The maximum atomic E-state index is 12.0. The quantitative estimate of drug-likeness (QED) is 0.631. The molecule has 1 heterocycles. The Balaban J connectivity index is 2.62. The van der Waals surface area contributed by atoms with Gasteiger partial charge in [-0.25, -0.2) is 18.4 Å². The number of carboxylic acids is 1. The molecule has 9 heteroatoms. The largest absolute Gasteiger partial charge is 0.481 e. The van der Waals surface area contributed by atoms with Crippen LogP contribution in [0.3, 0.4) is 0 Å². The zero-order chi connectivity index (χ0) is 16.1. The molecule has 0 saturated carbocycles. The molecule has 1 atom stereocenters. The second-order valence-corrected chi connectivity index (χ2v) is 7.19. The molecule has 1 saturated heterocycles. The summed E-state index contributed by atoms with van der Waals surface area (Å²) in [6.45, 7) is 2.45. The van der Waals surface area contributed by atoms with Gasteiger partial charge in [-0.1, -0.05) is 13.3 Å². The van der Waals surface area contributed by atoms with Gasteiger partial charge in [0.1, 0.15) is 0 Å². The summed E-state index contributed by atoms with van der Waals surface area (Å²) in [5, 5.41) is 16.8. The predicted molar refractivity (Wildman–Crippen MR) is 77.2 cm³/mol. The second kappa shape index (κ2) is 7.08. The average molecular weight is 321 g/mol. The average Bonchev–Trinajstić information content (AvgIpc) is 2.37. The van der Waals surface area contributed by atoms with E-state index in [9.17, 15) is 23.1 Å². The predicted octanol–water partition coefficient (Wildman–Crippen LogP) is -0.0486. The number of nitrogens with two attached hydrogens (primary N) is 1. The topological polar surface area (TPSA) is 130 Å². The Kier molecular flexibility index (Phi) is 5.97. The molecule has 0 bridgehead atoms. The summed E-state index contributed by atoms with van der Waals surface area (Å²) in [5.74, 6) is -1.22. The Hall–Kier alpha value is -1.35. The fourth-order valence-corrected chi connectivity index (χ4v) is 3.07. The van der Waals surface area contributed by atoms with E-state index >= 15 is 0 Å². The Bertz CT molecular complexity index is 489. The van der Waals surface area contributed by atoms with Crippen LogP contribution < -0.4 is 10.5 Å². The summed E-state index contributed by atoms with van der Waals surface area (Å²) < 4.78 is 21.6. The Morgan fingerprint density at radius 3 is 2.62 bits per heavy atom. The molecule has 1 unspecified atom stereocenters. The first-order valence-electron chi connectivity index (χ1n) is 6.97. The monoisotopic (exact) mass is 321 g/mol. The fourth-order valence-electron chi connectivity index (χ4n) is 2.68. The van der Waals surface area contributed by atoms with Crippen LogP contribution in [0.15, 0.2) is 0 Å². The van der Waals surface area contributed by atoms with Gasteiger partial charge in [-0.3, -0.25) is 4.79 Å². The molecule has 0 radical (unpaired) electrons. The lowest BCUT2D eigenvalue weighted by Gasteiger charge is -2.39. The van der Waals surface area contributed by atoms with Crippen LogP contribution in [-0.2, 0) is 14.8 Å². The molecule has 1 fully saturated rings. The van der Waals surface area contributed by atoms with E-state index in [0.29, 0.717) is 25.8 Å². The fraction of sp³-hybridized carbons (Fsp3) is 0.833. The van der Waals surface area contributed by atoms with Crippen LogP contribution in [0.4, 0.5) is 4.79 Å². The minimum Gasteiger partial charge on any atom is -0.481 e. The third-order valence-electron chi connectivity index (χ3n) is 3.71. The number of carbonyl (C=O) groups is 2. The van der Waals surface area contributed by atoms with Gasteiger partial charge in [0.15, 0.2) is 0 Å². The van der Waals surface area contributed by atoms with E-state index in [1.807, 2.05) is 6.92 Å². The van der Waals surface area contributed by atoms with Gasteiger partial charge in [0.05, 0.1) is 11.2 Å². The molecule has 0 aromatic rings. The summed E-state index contributed by atoms with van der Waals surface area (Å²) in [5.41, 5.74) is -0.899. The van der Waals surface area contributed by atoms with Crippen LogP contribution in [0.2, 0.25) is 0 Å². The van der Waals surface area contributed by atoms with Crippen LogP contribution in [0.1, 0.15) is 32.6 Å². The molecule has 0 spiro atoms. The van der Waals surface area contributed by atoms with Crippen molar-refractivity contribution >= 4 is 22.0 Å². The smallest absolute Gasteiger partial charge is 0.317 e. The number of nitrogens with zero attached hydrogens (tertiary/aromatic N) is 1. The van der Waals surface area contributed by atoms with Gasteiger partial charge in [-0.05, 0) is 19.3 Å².